The molecule has 0 aliphatic rings. The normalized spacial score (nSPS) is 11.0. The Kier molecular flexibility index (Phi) is 3.86. The topological polar surface area (TPSA) is 59.3 Å². The summed E-state index contributed by atoms with van der Waals surface area (Å²) < 4.78 is 1.97. The maximum atomic E-state index is 12.5. The molecule has 106 valence electrons. The average Bonchev–Trinajstić information content (AvgIpc) is 2.36. The molecule has 4 nitrogen and oxygen atoms in total. The number of hydrogen-bond acceptors (Lipinski definition) is 2. The Balaban J connectivity index is 2.98. The highest BCUT2D eigenvalue weighted by Crippen LogP contribution is 2.24. The van der Waals surface area contributed by atoms with Gasteiger partial charge in [0, 0.05) is 28.2 Å². The number of hydrogen-bond donors (Lipinski definition) is 1. The van der Waals surface area contributed by atoms with Crippen LogP contribution in [0.3, 0.4) is 0 Å². The second-order valence-corrected chi connectivity index (χ2v) is 5.26. The van der Waals surface area contributed by atoms with Crippen LogP contribution in [-0.4, -0.2) is 15.6 Å². The van der Waals surface area contributed by atoms with Crippen molar-refractivity contribution in [1.29, 1.82) is 0 Å². The summed E-state index contributed by atoms with van der Waals surface area (Å²) in [6, 6.07) is 3.43. The molecule has 0 saturated heterocycles. The summed E-state index contributed by atoms with van der Waals surface area (Å²) in [5.74, 6) is -1.01. The number of aliphatic carboxylic acids is 1. The van der Waals surface area contributed by atoms with Crippen molar-refractivity contribution in [2.75, 3.05) is 0 Å². The van der Waals surface area contributed by atoms with Crippen molar-refractivity contribution >= 4 is 28.5 Å². The monoisotopic (exact) mass is 293 g/mol. The number of pyridine rings is 1. The molecule has 5 heteroatoms. The molecule has 2 rings (SSSR count). The van der Waals surface area contributed by atoms with Gasteiger partial charge in [0.05, 0.1) is 11.9 Å². The first-order valence-corrected chi connectivity index (χ1v) is 6.78. The molecular weight excluding hydrogens is 278 g/mol. The summed E-state index contributed by atoms with van der Waals surface area (Å²) in [5.41, 5.74) is 2.53. The number of carbonyl (C=O) groups is 1. The lowest BCUT2D eigenvalue weighted by atomic mass is 10.0. The van der Waals surface area contributed by atoms with Crippen LogP contribution in [0, 0.1) is 13.8 Å². The maximum Gasteiger partial charge on any atom is 0.308 e. The van der Waals surface area contributed by atoms with E-state index >= 15 is 0 Å². The van der Waals surface area contributed by atoms with Crippen LogP contribution < -0.4 is 5.43 Å². The number of aryl methyl sites for hydroxylation is 2. The quantitative estimate of drug-likeness (QED) is 0.946. The largest absolute Gasteiger partial charge is 0.481 e. The van der Waals surface area contributed by atoms with Gasteiger partial charge in [0.15, 0.2) is 5.43 Å². The molecule has 0 saturated carbocycles. The fraction of sp³-hybridized carbons (Fsp3) is 0.333. The van der Waals surface area contributed by atoms with E-state index in [1.807, 2.05) is 24.5 Å². The Labute approximate surface area is 121 Å². The molecule has 0 amide bonds. The zero-order valence-corrected chi connectivity index (χ0v) is 12.4. The highest BCUT2D eigenvalue weighted by molar-refractivity contribution is 6.31. The molecule has 1 N–H and O–H groups in total. The number of fused-ring (bicyclic) bond motifs is 1. The molecule has 0 bridgehead atoms. The van der Waals surface area contributed by atoms with E-state index in [0.29, 0.717) is 28.2 Å². The van der Waals surface area contributed by atoms with E-state index in [1.54, 1.807) is 13.0 Å². The average molecular weight is 294 g/mol. The van der Waals surface area contributed by atoms with Crippen molar-refractivity contribution in [3.8, 4) is 0 Å². The predicted molar refractivity (Wildman–Crippen MR) is 79.7 cm³/mol. The van der Waals surface area contributed by atoms with Gasteiger partial charge in [-0.3, -0.25) is 9.59 Å². The number of aromatic nitrogens is 1. The molecule has 0 radical (unpaired) electrons. The Hall–Kier alpha value is -1.81. The molecular formula is C15H16ClNO3. The lowest BCUT2D eigenvalue weighted by molar-refractivity contribution is -0.136. The van der Waals surface area contributed by atoms with Crippen LogP contribution in [-0.2, 0) is 17.8 Å². The Morgan fingerprint density at radius 1 is 1.35 bits per heavy atom. The Morgan fingerprint density at radius 3 is 2.55 bits per heavy atom. The summed E-state index contributed by atoms with van der Waals surface area (Å²) in [6.45, 7) is 6.32. The van der Waals surface area contributed by atoms with Gasteiger partial charge < -0.3 is 9.67 Å². The SMILES string of the molecule is CCn1c(C)c(CC(=O)O)c(=O)c2cc(Cl)cc(C)c21. The van der Waals surface area contributed by atoms with Crippen LogP contribution in [0.5, 0.6) is 0 Å². The summed E-state index contributed by atoms with van der Waals surface area (Å²) >= 11 is 6.02. The van der Waals surface area contributed by atoms with Gasteiger partial charge in [-0.2, -0.15) is 0 Å². The number of halogens is 1. The molecule has 0 aliphatic carbocycles. The molecule has 1 aromatic carbocycles. The van der Waals surface area contributed by atoms with E-state index in [2.05, 4.69) is 0 Å². The molecule has 1 heterocycles. The molecule has 1 aromatic heterocycles. The van der Waals surface area contributed by atoms with Crippen LogP contribution >= 0.6 is 11.6 Å². The summed E-state index contributed by atoms with van der Waals surface area (Å²) in [5, 5.41) is 9.96. The van der Waals surface area contributed by atoms with Crippen molar-refractivity contribution in [2.45, 2.75) is 33.7 Å². The third-order valence-electron chi connectivity index (χ3n) is 3.54. The minimum Gasteiger partial charge on any atom is -0.481 e. The van der Waals surface area contributed by atoms with Crippen molar-refractivity contribution in [3.63, 3.8) is 0 Å². The zero-order chi connectivity index (χ0) is 15.0. The van der Waals surface area contributed by atoms with Crippen LogP contribution in [0.15, 0.2) is 16.9 Å². The van der Waals surface area contributed by atoms with Crippen LogP contribution in [0.1, 0.15) is 23.7 Å². The van der Waals surface area contributed by atoms with E-state index in [9.17, 15) is 9.59 Å². The second-order valence-electron chi connectivity index (χ2n) is 4.83. The van der Waals surface area contributed by atoms with E-state index in [1.165, 1.54) is 0 Å². The maximum absolute atomic E-state index is 12.5. The number of carboxylic acid groups (broad SMARTS) is 1. The van der Waals surface area contributed by atoms with Gasteiger partial charge in [-0.15, -0.1) is 0 Å². The van der Waals surface area contributed by atoms with E-state index in [4.69, 9.17) is 16.7 Å². The minimum absolute atomic E-state index is 0.241. The van der Waals surface area contributed by atoms with E-state index < -0.39 is 5.97 Å². The van der Waals surface area contributed by atoms with Crippen LogP contribution in [0.25, 0.3) is 10.9 Å². The molecule has 20 heavy (non-hydrogen) atoms. The fourth-order valence-corrected chi connectivity index (χ4v) is 2.95. The van der Waals surface area contributed by atoms with Gasteiger partial charge >= 0.3 is 5.97 Å². The van der Waals surface area contributed by atoms with Crippen LogP contribution in [0.2, 0.25) is 5.02 Å². The number of rotatable bonds is 3. The molecule has 0 spiro atoms. The molecule has 2 aromatic rings. The lowest BCUT2D eigenvalue weighted by Gasteiger charge is -2.18. The lowest BCUT2D eigenvalue weighted by Crippen LogP contribution is -2.21. The summed E-state index contributed by atoms with van der Waals surface area (Å²) in [7, 11) is 0. The van der Waals surface area contributed by atoms with Gasteiger partial charge in [-0.1, -0.05) is 11.6 Å². The fourth-order valence-electron chi connectivity index (χ4n) is 2.68. The molecule has 0 aliphatic heterocycles. The van der Waals surface area contributed by atoms with Crippen molar-refractivity contribution in [2.24, 2.45) is 0 Å². The van der Waals surface area contributed by atoms with E-state index in [-0.39, 0.29) is 11.8 Å². The van der Waals surface area contributed by atoms with Gasteiger partial charge in [-0.25, -0.2) is 0 Å². The van der Waals surface area contributed by atoms with Crippen LogP contribution in [0.4, 0.5) is 0 Å². The second kappa shape index (κ2) is 5.29. The third kappa shape index (κ3) is 2.31. The first kappa shape index (κ1) is 14.6. The Bertz CT molecular complexity index is 762. The first-order chi connectivity index (χ1) is 9.36. The smallest absolute Gasteiger partial charge is 0.308 e. The Morgan fingerprint density at radius 2 is 2.00 bits per heavy atom. The van der Waals surface area contributed by atoms with E-state index in [0.717, 1.165) is 11.1 Å². The van der Waals surface area contributed by atoms with Gasteiger partial charge in [0.2, 0.25) is 0 Å². The van der Waals surface area contributed by atoms with Crippen molar-refractivity contribution in [1.82, 2.24) is 4.57 Å². The summed E-state index contributed by atoms with van der Waals surface area (Å²) in [4.78, 5) is 23.5. The highest BCUT2D eigenvalue weighted by atomic mass is 35.5. The van der Waals surface area contributed by atoms with Gasteiger partial charge in [0.25, 0.3) is 0 Å². The van der Waals surface area contributed by atoms with Crippen molar-refractivity contribution in [3.05, 3.63) is 44.2 Å². The molecule has 0 unspecified atom stereocenters. The predicted octanol–water partition coefficient (Wildman–Crippen LogP) is 2.92. The number of benzene rings is 1. The minimum atomic E-state index is -1.01. The summed E-state index contributed by atoms with van der Waals surface area (Å²) in [6.07, 6.45) is -0.272. The first-order valence-electron chi connectivity index (χ1n) is 6.40. The number of nitrogens with zero attached hydrogens (tertiary/aromatic N) is 1. The highest BCUT2D eigenvalue weighted by Gasteiger charge is 2.17. The molecule has 0 atom stereocenters. The van der Waals surface area contributed by atoms with Crippen molar-refractivity contribution < 1.29 is 9.90 Å². The molecule has 0 fully saturated rings. The third-order valence-corrected chi connectivity index (χ3v) is 3.76. The standard InChI is InChI=1S/C15H16ClNO3/c1-4-17-9(3)11(7-13(18)19)15(20)12-6-10(16)5-8(2)14(12)17/h5-6H,4,7H2,1-3H3,(H,18,19). The van der Waals surface area contributed by atoms with Gasteiger partial charge in [-0.05, 0) is 38.5 Å². The van der Waals surface area contributed by atoms with Gasteiger partial charge in [0.1, 0.15) is 0 Å². The number of carboxylic acids is 1. The zero-order valence-electron chi connectivity index (χ0n) is 11.7.